The van der Waals surface area contributed by atoms with Crippen LogP contribution in [-0.2, 0) is 19.1 Å². The number of carbonyl (C=O) groups is 2. The van der Waals surface area contributed by atoms with Gasteiger partial charge in [0.25, 0.3) is 0 Å². The normalized spacial score (nSPS) is 11.9. The Bertz CT molecular complexity index is 181. The number of hydrogen-bond donors (Lipinski definition) is 0. The Hall–Kier alpha value is -0.580. The molecule has 0 radical (unpaired) electrons. The molecule has 0 fully saturated rings. The van der Waals surface area contributed by atoms with Gasteiger partial charge in [-0.15, -0.1) is 0 Å². The lowest BCUT2D eigenvalue weighted by molar-refractivity contribution is -0.149. The summed E-state index contributed by atoms with van der Waals surface area (Å²) in [6.45, 7) is 4.05. The second-order valence-corrected chi connectivity index (χ2v) is 3.33. The van der Waals surface area contributed by atoms with Crippen LogP contribution in [0.25, 0.3) is 0 Å². The fraction of sp³-hybridized carbons (Fsp3) is 0.750. The fourth-order valence-electron chi connectivity index (χ4n) is 0.682. The van der Waals surface area contributed by atoms with Crippen molar-refractivity contribution in [1.29, 1.82) is 0 Å². The smallest absolute Gasteiger partial charge is 0.320 e. The summed E-state index contributed by atoms with van der Waals surface area (Å²) in [5, 5.41) is 0. The van der Waals surface area contributed by atoms with Crippen molar-refractivity contribution in [3.8, 4) is 0 Å². The second kappa shape index (κ2) is 6.88. The lowest BCUT2D eigenvalue weighted by atomic mass is 10.3. The molecular weight excluding hydrogens is 240 g/mol. The van der Waals surface area contributed by atoms with Gasteiger partial charge in [-0.3, -0.25) is 9.59 Å². The minimum absolute atomic E-state index is 0.00662. The first-order chi connectivity index (χ1) is 6.11. The Morgan fingerprint density at radius 1 is 1.23 bits per heavy atom. The average molecular weight is 253 g/mol. The summed E-state index contributed by atoms with van der Waals surface area (Å²) in [4.78, 5) is 21.3. The van der Waals surface area contributed by atoms with Crippen molar-refractivity contribution < 1.29 is 19.1 Å². The van der Waals surface area contributed by atoms with Crippen LogP contribution < -0.4 is 0 Å². The van der Waals surface area contributed by atoms with E-state index in [0.29, 0.717) is 13.2 Å². The molecule has 0 aromatic heterocycles. The number of halogens is 1. The van der Waals surface area contributed by atoms with E-state index >= 15 is 0 Å². The van der Waals surface area contributed by atoms with Crippen molar-refractivity contribution in [3.63, 3.8) is 0 Å². The maximum Gasteiger partial charge on any atom is 0.320 e. The second-order valence-electron chi connectivity index (χ2n) is 2.23. The van der Waals surface area contributed by atoms with E-state index in [9.17, 15) is 9.59 Å². The van der Waals surface area contributed by atoms with Gasteiger partial charge in [-0.25, -0.2) is 0 Å². The molecule has 76 valence electrons. The zero-order valence-electron chi connectivity index (χ0n) is 7.71. The van der Waals surface area contributed by atoms with E-state index in [0.717, 1.165) is 0 Å². The Morgan fingerprint density at radius 2 is 1.77 bits per heavy atom. The zero-order valence-corrected chi connectivity index (χ0v) is 9.30. The van der Waals surface area contributed by atoms with E-state index in [1.54, 1.807) is 13.8 Å². The lowest BCUT2D eigenvalue weighted by Crippen LogP contribution is -2.21. The molecular formula is C8H13BrO4. The van der Waals surface area contributed by atoms with Crippen LogP contribution in [0.2, 0.25) is 0 Å². The first kappa shape index (κ1) is 12.4. The summed E-state index contributed by atoms with van der Waals surface area (Å²) in [5.74, 6) is -0.840. The molecule has 0 rings (SSSR count). The van der Waals surface area contributed by atoms with Crippen LogP contribution in [0.15, 0.2) is 0 Å². The van der Waals surface area contributed by atoms with Gasteiger partial charge in [0.2, 0.25) is 0 Å². The molecule has 4 nitrogen and oxygen atoms in total. The van der Waals surface area contributed by atoms with Crippen molar-refractivity contribution in [2.75, 3.05) is 13.2 Å². The van der Waals surface area contributed by atoms with Crippen LogP contribution in [0, 0.1) is 0 Å². The van der Waals surface area contributed by atoms with Gasteiger partial charge in [-0.05, 0) is 13.8 Å². The van der Waals surface area contributed by atoms with E-state index in [2.05, 4.69) is 25.4 Å². The van der Waals surface area contributed by atoms with Gasteiger partial charge in [0.05, 0.1) is 19.6 Å². The van der Waals surface area contributed by atoms with Gasteiger partial charge in [0.15, 0.2) is 0 Å². The summed E-state index contributed by atoms with van der Waals surface area (Å²) in [5.41, 5.74) is 0. The molecule has 0 bridgehead atoms. The SMILES string of the molecule is CCOC(=O)C[C@H](Br)C(=O)OCC. The molecule has 5 heteroatoms. The molecule has 0 amide bonds. The molecule has 0 spiro atoms. The molecule has 0 saturated carbocycles. The van der Waals surface area contributed by atoms with Gasteiger partial charge in [0, 0.05) is 0 Å². The molecule has 0 unspecified atom stereocenters. The van der Waals surface area contributed by atoms with Gasteiger partial charge in [-0.1, -0.05) is 15.9 Å². The highest BCUT2D eigenvalue weighted by Crippen LogP contribution is 2.08. The molecule has 0 saturated heterocycles. The highest BCUT2D eigenvalue weighted by Gasteiger charge is 2.20. The molecule has 0 N–H and O–H groups in total. The van der Waals surface area contributed by atoms with Gasteiger partial charge < -0.3 is 9.47 Å². The van der Waals surface area contributed by atoms with Crippen LogP contribution >= 0.6 is 15.9 Å². The van der Waals surface area contributed by atoms with Gasteiger partial charge in [0.1, 0.15) is 4.83 Å². The standard InChI is InChI=1S/C8H13BrO4/c1-3-12-7(10)5-6(9)8(11)13-4-2/h6H,3-5H2,1-2H3/t6-/m0/s1. The predicted molar refractivity (Wildman–Crippen MR) is 50.6 cm³/mol. The third kappa shape index (κ3) is 5.63. The molecule has 0 aromatic carbocycles. The molecule has 0 aliphatic rings. The largest absolute Gasteiger partial charge is 0.466 e. The Kier molecular flexibility index (Phi) is 6.58. The van der Waals surface area contributed by atoms with Crippen LogP contribution in [0.1, 0.15) is 20.3 Å². The third-order valence-corrected chi connectivity index (χ3v) is 1.89. The lowest BCUT2D eigenvalue weighted by Gasteiger charge is -2.07. The van der Waals surface area contributed by atoms with Crippen molar-refractivity contribution in [2.24, 2.45) is 0 Å². The number of ether oxygens (including phenoxy) is 2. The Morgan fingerprint density at radius 3 is 2.23 bits per heavy atom. The van der Waals surface area contributed by atoms with Crippen LogP contribution in [0.3, 0.4) is 0 Å². The van der Waals surface area contributed by atoms with Crippen LogP contribution in [0.4, 0.5) is 0 Å². The number of alkyl halides is 1. The van der Waals surface area contributed by atoms with E-state index in [-0.39, 0.29) is 6.42 Å². The number of rotatable bonds is 5. The molecule has 0 aliphatic carbocycles. The fourth-order valence-corrected chi connectivity index (χ4v) is 1.08. The van der Waals surface area contributed by atoms with E-state index < -0.39 is 16.8 Å². The van der Waals surface area contributed by atoms with E-state index in [4.69, 9.17) is 0 Å². The maximum absolute atomic E-state index is 11.0. The maximum atomic E-state index is 11.0. The molecule has 1 atom stereocenters. The number of hydrogen-bond acceptors (Lipinski definition) is 4. The number of carbonyl (C=O) groups excluding carboxylic acids is 2. The summed E-state index contributed by atoms with van der Waals surface area (Å²) in [6, 6.07) is 0. The van der Waals surface area contributed by atoms with E-state index in [1.165, 1.54) is 0 Å². The van der Waals surface area contributed by atoms with Crippen LogP contribution in [-0.4, -0.2) is 30.0 Å². The minimum Gasteiger partial charge on any atom is -0.466 e. The van der Waals surface area contributed by atoms with Gasteiger partial charge >= 0.3 is 11.9 Å². The quantitative estimate of drug-likeness (QED) is 0.546. The van der Waals surface area contributed by atoms with E-state index in [1.807, 2.05) is 0 Å². The summed E-state index contributed by atoms with van der Waals surface area (Å²) in [7, 11) is 0. The highest BCUT2D eigenvalue weighted by molar-refractivity contribution is 9.10. The summed E-state index contributed by atoms with van der Waals surface area (Å²) in [6.07, 6.45) is 0.00662. The number of esters is 2. The Balaban J connectivity index is 3.78. The molecule has 0 heterocycles. The highest BCUT2D eigenvalue weighted by atomic mass is 79.9. The summed E-state index contributed by atoms with van der Waals surface area (Å²) >= 11 is 3.04. The van der Waals surface area contributed by atoms with Crippen molar-refractivity contribution in [1.82, 2.24) is 0 Å². The zero-order chi connectivity index (χ0) is 10.3. The topological polar surface area (TPSA) is 52.6 Å². The van der Waals surface area contributed by atoms with Crippen LogP contribution in [0.5, 0.6) is 0 Å². The predicted octanol–water partition coefficient (Wildman–Crippen LogP) is 1.27. The Labute approximate surface area is 85.7 Å². The first-order valence-electron chi connectivity index (χ1n) is 4.08. The molecule has 13 heavy (non-hydrogen) atoms. The minimum atomic E-state index is -0.605. The van der Waals surface area contributed by atoms with Gasteiger partial charge in [-0.2, -0.15) is 0 Å². The van der Waals surface area contributed by atoms with Crippen molar-refractivity contribution in [2.45, 2.75) is 25.1 Å². The molecule has 0 aliphatic heterocycles. The monoisotopic (exact) mass is 252 g/mol. The molecule has 0 aromatic rings. The summed E-state index contributed by atoms with van der Waals surface area (Å²) < 4.78 is 9.35. The third-order valence-electron chi connectivity index (χ3n) is 1.19. The average Bonchev–Trinajstić information content (AvgIpc) is 2.05. The van der Waals surface area contributed by atoms with Crippen molar-refractivity contribution in [3.05, 3.63) is 0 Å². The first-order valence-corrected chi connectivity index (χ1v) is 4.99. The van der Waals surface area contributed by atoms with Crippen molar-refractivity contribution >= 4 is 27.9 Å².